The Morgan fingerprint density at radius 3 is 2.46 bits per heavy atom. The van der Waals surface area contributed by atoms with Gasteiger partial charge in [0, 0.05) is 45.8 Å². The number of carbonyl (C=O) groups is 1. The van der Waals surface area contributed by atoms with Crippen LogP contribution in [0.15, 0.2) is 66.7 Å². The molecule has 1 N–H and O–H groups in total. The van der Waals surface area contributed by atoms with E-state index in [1.54, 1.807) is 0 Å². The lowest BCUT2D eigenvalue weighted by Gasteiger charge is -2.40. The zero-order valence-electron chi connectivity index (χ0n) is 20.8. The van der Waals surface area contributed by atoms with Crippen LogP contribution in [0.2, 0.25) is 0 Å². The van der Waals surface area contributed by atoms with E-state index in [2.05, 4.69) is 88.8 Å². The fourth-order valence-corrected chi connectivity index (χ4v) is 5.54. The van der Waals surface area contributed by atoms with E-state index in [1.165, 1.54) is 21.9 Å². The Labute approximate surface area is 209 Å². The molecule has 5 heteroatoms. The second kappa shape index (κ2) is 11.3. The van der Waals surface area contributed by atoms with Crippen LogP contribution in [-0.4, -0.2) is 61.6 Å². The number of morpholine rings is 1. The number of fused-ring (bicyclic) bond motifs is 1. The molecule has 184 valence electrons. The Hall–Kier alpha value is -2.73. The molecule has 5 rings (SSSR count). The standard InChI is InChI=1S/C30H37N3O2/c1-23-6-8-24(9-7-23)18-31-30(34)29-17-26(20-32-12-14-35-15-13-32)21-33(22-29)19-25-10-11-27-4-2-3-5-28(27)16-25/h2-11,16,26,29H,12-15,17-22H2,1H3,(H,31,34)/t26-,29-/m1/s1. The number of nitrogens with zero attached hydrogens (tertiary/aromatic N) is 2. The molecule has 35 heavy (non-hydrogen) atoms. The monoisotopic (exact) mass is 471 g/mol. The zero-order valence-corrected chi connectivity index (χ0v) is 20.8. The predicted molar refractivity (Wildman–Crippen MR) is 141 cm³/mol. The number of benzene rings is 3. The third-order valence-electron chi connectivity index (χ3n) is 7.41. The van der Waals surface area contributed by atoms with E-state index in [9.17, 15) is 4.79 Å². The van der Waals surface area contributed by atoms with Gasteiger partial charge in [-0.1, -0.05) is 66.2 Å². The maximum atomic E-state index is 13.3. The first kappa shape index (κ1) is 24.0. The van der Waals surface area contributed by atoms with Crippen LogP contribution in [0.3, 0.4) is 0 Å². The number of hydrogen-bond acceptors (Lipinski definition) is 4. The molecule has 0 bridgehead atoms. The topological polar surface area (TPSA) is 44.8 Å². The number of likely N-dealkylation sites (tertiary alicyclic amines) is 1. The number of amides is 1. The molecule has 0 spiro atoms. The second-order valence-electron chi connectivity index (χ2n) is 10.3. The summed E-state index contributed by atoms with van der Waals surface area (Å²) in [5, 5.41) is 5.77. The highest BCUT2D eigenvalue weighted by atomic mass is 16.5. The van der Waals surface area contributed by atoms with Gasteiger partial charge in [-0.2, -0.15) is 0 Å². The number of rotatable bonds is 7. The van der Waals surface area contributed by atoms with E-state index in [0.29, 0.717) is 12.5 Å². The first-order valence-corrected chi connectivity index (χ1v) is 13.0. The lowest BCUT2D eigenvalue weighted by atomic mass is 9.87. The van der Waals surface area contributed by atoms with Crippen molar-refractivity contribution in [3.63, 3.8) is 0 Å². The van der Waals surface area contributed by atoms with Gasteiger partial charge < -0.3 is 10.1 Å². The lowest BCUT2D eigenvalue weighted by Crippen LogP contribution is -2.49. The normalized spacial score (nSPS) is 21.7. The quantitative estimate of drug-likeness (QED) is 0.560. The van der Waals surface area contributed by atoms with Gasteiger partial charge >= 0.3 is 0 Å². The summed E-state index contributed by atoms with van der Waals surface area (Å²) in [6.07, 6.45) is 0.950. The molecule has 0 unspecified atom stereocenters. The van der Waals surface area contributed by atoms with Gasteiger partial charge in [0.15, 0.2) is 0 Å². The van der Waals surface area contributed by atoms with Crippen molar-refractivity contribution >= 4 is 16.7 Å². The Kier molecular flexibility index (Phi) is 7.77. The first-order valence-electron chi connectivity index (χ1n) is 13.0. The van der Waals surface area contributed by atoms with Crippen molar-refractivity contribution in [2.45, 2.75) is 26.4 Å². The van der Waals surface area contributed by atoms with Crippen LogP contribution >= 0.6 is 0 Å². The maximum absolute atomic E-state index is 13.3. The van der Waals surface area contributed by atoms with E-state index >= 15 is 0 Å². The lowest BCUT2D eigenvalue weighted by molar-refractivity contribution is -0.128. The van der Waals surface area contributed by atoms with Gasteiger partial charge in [0.2, 0.25) is 5.91 Å². The number of piperidine rings is 1. The Morgan fingerprint density at radius 2 is 1.66 bits per heavy atom. The molecule has 2 aliphatic rings. The molecule has 1 amide bonds. The van der Waals surface area contributed by atoms with Crippen LogP contribution in [0.4, 0.5) is 0 Å². The summed E-state index contributed by atoms with van der Waals surface area (Å²) in [5.41, 5.74) is 3.70. The van der Waals surface area contributed by atoms with Gasteiger partial charge in [0.05, 0.1) is 19.1 Å². The number of nitrogens with one attached hydrogen (secondary N) is 1. The van der Waals surface area contributed by atoms with Gasteiger partial charge in [0.1, 0.15) is 0 Å². The molecule has 3 aromatic carbocycles. The highest BCUT2D eigenvalue weighted by Gasteiger charge is 2.32. The van der Waals surface area contributed by atoms with Crippen LogP contribution < -0.4 is 5.32 Å². The van der Waals surface area contributed by atoms with Crippen LogP contribution in [0.5, 0.6) is 0 Å². The van der Waals surface area contributed by atoms with Crippen LogP contribution in [0.25, 0.3) is 10.8 Å². The first-order chi connectivity index (χ1) is 17.1. The summed E-state index contributed by atoms with van der Waals surface area (Å²) in [5.74, 6) is 0.680. The van der Waals surface area contributed by atoms with Gasteiger partial charge in [-0.05, 0) is 47.2 Å². The smallest absolute Gasteiger partial charge is 0.224 e. The third kappa shape index (κ3) is 6.49. The molecule has 0 aliphatic carbocycles. The highest BCUT2D eigenvalue weighted by Crippen LogP contribution is 2.26. The summed E-state index contributed by atoms with van der Waals surface area (Å²) in [7, 11) is 0. The van der Waals surface area contributed by atoms with Crippen LogP contribution in [0.1, 0.15) is 23.1 Å². The molecule has 2 atom stereocenters. The minimum absolute atomic E-state index is 0.0145. The minimum atomic E-state index is 0.0145. The largest absolute Gasteiger partial charge is 0.379 e. The number of ether oxygens (including phenoxy) is 1. The van der Waals surface area contributed by atoms with Crippen LogP contribution in [0, 0.1) is 18.8 Å². The molecular formula is C30H37N3O2. The molecule has 3 aromatic rings. The fourth-order valence-electron chi connectivity index (χ4n) is 5.54. The average molecular weight is 472 g/mol. The molecule has 0 saturated carbocycles. The van der Waals surface area contributed by atoms with E-state index < -0.39 is 0 Å². The summed E-state index contributed by atoms with van der Waals surface area (Å²) in [4.78, 5) is 18.3. The number of hydrogen-bond donors (Lipinski definition) is 1. The minimum Gasteiger partial charge on any atom is -0.379 e. The van der Waals surface area contributed by atoms with Gasteiger partial charge in [-0.15, -0.1) is 0 Å². The molecule has 0 aromatic heterocycles. The molecule has 2 aliphatic heterocycles. The van der Waals surface area contributed by atoms with E-state index in [-0.39, 0.29) is 11.8 Å². The van der Waals surface area contributed by atoms with E-state index in [0.717, 1.165) is 64.5 Å². The van der Waals surface area contributed by atoms with Gasteiger partial charge in [-0.3, -0.25) is 14.6 Å². The highest BCUT2D eigenvalue weighted by molar-refractivity contribution is 5.83. The molecule has 5 nitrogen and oxygen atoms in total. The SMILES string of the molecule is Cc1ccc(CNC(=O)[C@@H]2C[C@H](CN3CCOCC3)CN(Cc3ccc4ccccc4c3)C2)cc1. The van der Waals surface area contributed by atoms with Crippen molar-refractivity contribution in [1.29, 1.82) is 0 Å². The summed E-state index contributed by atoms with van der Waals surface area (Å²) < 4.78 is 5.55. The van der Waals surface area contributed by atoms with Crippen molar-refractivity contribution in [2.75, 3.05) is 45.9 Å². The Balaban J connectivity index is 1.26. The van der Waals surface area contributed by atoms with Crippen molar-refractivity contribution < 1.29 is 9.53 Å². The summed E-state index contributed by atoms with van der Waals surface area (Å²) in [6, 6.07) is 23.7. The van der Waals surface area contributed by atoms with Crippen molar-refractivity contribution in [3.05, 3.63) is 83.4 Å². The number of aryl methyl sites for hydroxylation is 1. The second-order valence-corrected chi connectivity index (χ2v) is 10.3. The predicted octanol–water partition coefficient (Wildman–Crippen LogP) is 4.23. The van der Waals surface area contributed by atoms with Gasteiger partial charge in [0.25, 0.3) is 0 Å². The summed E-state index contributed by atoms with van der Waals surface area (Å²) >= 11 is 0. The molecule has 2 fully saturated rings. The van der Waals surface area contributed by atoms with E-state index in [1.807, 2.05) is 0 Å². The third-order valence-corrected chi connectivity index (χ3v) is 7.41. The summed E-state index contributed by atoms with van der Waals surface area (Å²) in [6.45, 7) is 10.1. The van der Waals surface area contributed by atoms with Crippen molar-refractivity contribution in [1.82, 2.24) is 15.1 Å². The molecular weight excluding hydrogens is 434 g/mol. The Morgan fingerprint density at radius 1 is 0.914 bits per heavy atom. The number of carbonyl (C=O) groups excluding carboxylic acids is 1. The zero-order chi connectivity index (χ0) is 24.0. The van der Waals surface area contributed by atoms with E-state index in [4.69, 9.17) is 4.74 Å². The Bertz CT molecular complexity index is 1120. The molecule has 2 saturated heterocycles. The molecule has 2 heterocycles. The molecule has 0 radical (unpaired) electrons. The van der Waals surface area contributed by atoms with Crippen LogP contribution in [-0.2, 0) is 22.6 Å². The van der Waals surface area contributed by atoms with Crippen molar-refractivity contribution in [3.8, 4) is 0 Å². The maximum Gasteiger partial charge on any atom is 0.224 e. The average Bonchev–Trinajstić information content (AvgIpc) is 2.88. The van der Waals surface area contributed by atoms with Gasteiger partial charge in [-0.25, -0.2) is 0 Å². The van der Waals surface area contributed by atoms with Crippen molar-refractivity contribution in [2.24, 2.45) is 11.8 Å². The fraction of sp³-hybridized carbons (Fsp3) is 0.433.